The van der Waals surface area contributed by atoms with Gasteiger partial charge >= 0.3 is 5.97 Å². The van der Waals surface area contributed by atoms with E-state index < -0.39 is 17.7 Å². The molecule has 1 unspecified atom stereocenters. The van der Waals surface area contributed by atoms with Gasteiger partial charge in [0.25, 0.3) is 0 Å². The first-order valence-electron chi connectivity index (χ1n) is 6.97. The molecular formula is C17H19ClO4. The Hall–Kier alpha value is -1.78. The molecule has 118 valence electrons. The minimum atomic E-state index is -0.541. The molecule has 0 amide bonds. The van der Waals surface area contributed by atoms with Crippen LogP contribution in [0.5, 0.6) is 0 Å². The minimum Gasteiger partial charge on any atom is -0.466 e. The maximum atomic E-state index is 11.8. The van der Waals surface area contributed by atoms with E-state index in [1.165, 1.54) is 0 Å². The lowest BCUT2D eigenvalue weighted by Crippen LogP contribution is -2.27. The number of benzene rings is 1. The third-order valence-electron chi connectivity index (χ3n) is 2.76. The lowest BCUT2D eigenvalue weighted by molar-refractivity contribution is -0.161. The Morgan fingerprint density at radius 3 is 2.45 bits per heavy atom. The highest BCUT2D eigenvalue weighted by Crippen LogP contribution is 2.27. The zero-order valence-corrected chi connectivity index (χ0v) is 13.6. The number of ether oxygens (including phenoxy) is 2. The molecule has 0 aliphatic carbocycles. The van der Waals surface area contributed by atoms with Crippen molar-refractivity contribution in [1.29, 1.82) is 0 Å². The second-order valence-corrected chi connectivity index (χ2v) is 6.28. The van der Waals surface area contributed by atoms with Gasteiger partial charge < -0.3 is 13.9 Å². The van der Waals surface area contributed by atoms with Crippen LogP contribution in [-0.2, 0) is 14.3 Å². The number of rotatable bonds is 5. The van der Waals surface area contributed by atoms with Crippen molar-refractivity contribution < 1.29 is 18.7 Å². The summed E-state index contributed by atoms with van der Waals surface area (Å²) in [4.78, 5) is 11.8. The highest BCUT2D eigenvalue weighted by Gasteiger charge is 2.22. The normalized spacial score (nSPS) is 12.9. The summed E-state index contributed by atoms with van der Waals surface area (Å²) < 4.78 is 16.4. The van der Waals surface area contributed by atoms with Gasteiger partial charge in [-0.15, -0.1) is 0 Å². The summed E-state index contributed by atoms with van der Waals surface area (Å²) in [6.07, 6.45) is 1.08. The van der Waals surface area contributed by atoms with Gasteiger partial charge in [0.1, 0.15) is 24.1 Å². The number of halogens is 1. The van der Waals surface area contributed by atoms with Crippen molar-refractivity contribution in [2.75, 3.05) is 6.61 Å². The van der Waals surface area contributed by atoms with Crippen LogP contribution in [0, 0.1) is 0 Å². The van der Waals surface area contributed by atoms with E-state index in [2.05, 4.69) is 0 Å². The molecule has 22 heavy (non-hydrogen) atoms. The molecule has 1 aromatic heterocycles. The zero-order chi connectivity index (χ0) is 16.2. The maximum Gasteiger partial charge on any atom is 0.332 e. The molecule has 2 rings (SSSR count). The molecule has 0 saturated carbocycles. The Morgan fingerprint density at radius 2 is 1.91 bits per heavy atom. The van der Waals surface area contributed by atoms with Gasteiger partial charge in [0.2, 0.25) is 0 Å². The number of hydrogen-bond acceptors (Lipinski definition) is 4. The number of furan rings is 1. The van der Waals surface area contributed by atoms with Gasteiger partial charge in [-0.2, -0.15) is 0 Å². The summed E-state index contributed by atoms with van der Waals surface area (Å²) in [6.45, 7) is 5.28. The molecule has 0 saturated heterocycles. The summed E-state index contributed by atoms with van der Waals surface area (Å²) in [5.41, 5.74) is 0.309. The molecule has 0 aliphatic heterocycles. The van der Waals surface area contributed by atoms with Crippen LogP contribution in [0.2, 0.25) is 5.02 Å². The SMILES string of the molecule is CC(C)(C)OC(=O)COC(c1ccc(Cl)cc1)c1ccco1. The molecule has 0 aliphatic rings. The topological polar surface area (TPSA) is 48.7 Å². The quantitative estimate of drug-likeness (QED) is 0.766. The van der Waals surface area contributed by atoms with E-state index in [-0.39, 0.29) is 6.61 Å². The molecule has 1 heterocycles. The highest BCUT2D eigenvalue weighted by atomic mass is 35.5. The van der Waals surface area contributed by atoms with Crippen molar-refractivity contribution in [3.05, 3.63) is 59.0 Å². The number of carbonyl (C=O) groups is 1. The standard InChI is InChI=1S/C17H19ClO4/c1-17(2,3)22-15(19)11-21-16(14-5-4-10-20-14)12-6-8-13(18)9-7-12/h4-10,16H,11H2,1-3H3. The van der Waals surface area contributed by atoms with Crippen LogP contribution < -0.4 is 0 Å². The second kappa shape index (κ2) is 6.99. The summed E-state index contributed by atoms with van der Waals surface area (Å²) in [7, 11) is 0. The monoisotopic (exact) mass is 322 g/mol. The molecule has 2 aromatic rings. The molecular weight excluding hydrogens is 304 g/mol. The van der Waals surface area contributed by atoms with Crippen LogP contribution in [0.3, 0.4) is 0 Å². The molecule has 0 bridgehead atoms. The van der Waals surface area contributed by atoms with E-state index in [4.69, 9.17) is 25.5 Å². The number of carbonyl (C=O) groups excluding carboxylic acids is 1. The summed E-state index contributed by atoms with van der Waals surface area (Å²) in [6, 6.07) is 10.8. The van der Waals surface area contributed by atoms with Crippen LogP contribution in [0.25, 0.3) is 0 Å². The highest BCUT2D eigenvalue weighted by molar-refractivity contribution is 6.30. The van der Waals surface area contributed by atoms with Crippen LogP contribution >= 0.6 is 11.6 Å². The van der Waals surface area contributed by atoms with Crippen molar-refractivity contribution in [1.82, 2.24) is 0 Å². The van der Waals surface area contributed by atoms with Crippen LogP contribution in [0.15, 0.2) is 47.1 Å². The van der Waals surface area contributed by atoms with Crippen molar-refractivity contribution in [2.45, 2.75) is 32.5 Å². The molecule has 0 spiro atoms. The summed E-state index contributed by atoms with van der Waals surface area (Å²) in [5, 5.41) is 0.633. The van der Waals surface area contributed by atoms with Gasteiger partial charge in [-0.3, -0.25) is 0 Å². The molecule has 0 fully saturated rings. The Morgan fingerprint density at radius 1 is 1.23 bits per heavy atom. The molecule has 1 atom stereocenters. The van der Waals surface area contributed by atoms with E-state index in [0.29, 0.717) is 10.8 Å². The summed E-state index contributed by atoms with van der Waals surface area (Å²) >= 11 is 5.90. The second-order valence-electron chi connectivity index (χ2n) is 5.84. The zero-order valence-electron chi connectivity index (χ0n) is 12.8. The van der Waals surface area contributed by atoms with Crippen molar-refractivity contribution in [2.24, 2.45) is 0 Å². The Kier molecular flexibility index (Phi) is 5.27. The average molecular weight is 323 g/mol. The first-order chi connectivity index (χ1) is 10.3. The van der Waals surface area contributed by atoms with E-state index in [1.54, 1.807) is 30.5 Å². The number of hydrogen-bond donors (Lipinski definition) is 0. The molecule has 0 radical (unpaired) electrons. The van der Waals surface area contributed by atoms with E-state index in [9.17, 15) is 4.79 Å². The van der Waals surface area contributed by atoms with Crippen molar-refractivity contribution in [3.63, 3.8) is 0 Å². The molecule has 1 aromatic carbocycles. The Labute approximate surface area is 135 Å². The Balaban J connectivity index is 2.10. The summed E-state index contributed by atoms with van der Waals surface area (Å²) in [5.74, 6) is 0.198. The number of esters is 1. The fraction of sp³-hybridized carbons (Fsp3) is 0.353. The smallest absolute Gasteiger partial charge is 0.332 e. The van der Waals surface area contributed by atoms with Crippen molar-refractivity contribution >= 4 is 17.6 Å². The van der Waals surface area contributed by atoms with Gasteiger partial charge in [-0.25, -0.2) is 4.79 Å². The molecule has 0 N–H and O–H groups in total. The van der Waals surface area contributed by atoms with Gasteiger partial charge in [0, 0.05) is 5.02 Å². The van der Waals surface area contributed by atoms with E-state index in [1.807, 2.05) is 32.9 Å². The Bertz CT molecular complexity index is 597. The van der Waals surface area contributed by atoms with Crippen LogP contribution in [-0.4, -0.2) is 18.2 Å². The third-order valence-corrected chi connectivity index (χ3v) is 3.01. The van der Waals surface area contributed by atoms with E-state index in [0.717, 1.165) is 5.56 Å². The molecule has 4 nitrogen and oxygen atoms in total. The average Bonchev–Trinajstić information content (AvgIpc) is 2.93. The maximum absolute atomic E-state index is 11.8. The molecule has 5 heteroatoms. The predicted molar refractivity (Wildman–Crippen MR) is 83.8 cm³/mol. The van der Waals surface area contributed by atoms with Gasteiger partial charge in [-0.05, 0) is 50.6 Å². The first kappa shape index (κ1) is 16.6. The van der Waals surface area contributed by atoms with Crippen LogP contribution in [0.1, 0.15) is 38.2 Å². The lowest BCUT2D eigenvalue weighted by atomic mass is 10.1. The van der Waals surface area contributed by atoms with Crippen molar-refractivity contribution in [3.8, 4) is 0 Å². The van der Waals surface area contributed by atoms with Gasteiger partial charge in [0.05, 0.1) is 6.26 Å². The minimum absolute atomic E-state index is 0.161. The largest absolute Gasteiger partial charge is 0.466 e. The predicted octanol–water partition coefficient (Wildman–Crippen LogP) is 4.38. The first-order valence-corrected chi connectivity index (χ1v) is 7.35. The fourth-order valence-electron chi connectivity index (χ4n) is 1.94. The third kappa shape index (κ3) is 4.90. The van der Waals surface area contributed by atoms with E-state index >= 15 is 0 Å². The fourth-order valence-corrected chi connectivity index (χ4v) is 2.07. The van der Waals surface area contributed by atoms with Gasteiger partial charge in [-0.1, -0.05) is 23.7 Å². The van der Waals surface area contributed by atoms with Gasteiger partial charge in [0.15, 0.2) is 0 Å². The van der Waals surface area contributed by atoms with Crippen LogP contribution in [0.4, 0.5) is 0 Å². The lowest BCUT2D eigenvalue weighted by Gasteiger charge is -2.21.